The second kappa shape index (κ2) is 3.71. The first-order valence-electron chi connectivity index (χ1n) is 4.44. The molecule has 1 heterocycles. The largest absolute Gasteiger partial charge is 0.237 e. The molecule has 67 valence electrons. The Morgan fingerprint density at radius 1 is 1.15 bits per heavy atom. The van der Waals surface area contributed by atoms with Gasteiger partial charge in [-0.15, -0.1) is 0 Å². The van der Waals surface area contributed by atoms with E-state index < -0.39 is 0 Å². The summed E-state index contributed by atoms with van der Waals surface area (Å²) >= 11 is 0. The molecule has 0 spiro atoms. The van der Waals surface area contributed by atoms with Crippen LogP contribution in [0.25, 0.3) is 5.57 Å². The van der Waals surface area contributed by atoms with Crippen LogP contribution < -0.4 is 5.32 Å². The van der Waals surface area contributed by atoms with Crippen molar-refractivity contribution in [3.05, 3.63) is 41.7 Å². The van der Waals surface area contributed by atoms with Gasteiger partial charge in [-0.3, -0.25) is 0 Å². The van der Waals surface area contributed by atoms with Crippen LogP contribution in [-0.4, -0.2) is 13.1 Å². The highest BCUT2D eigenvalue weighted by Gasteiger charge is 2.05. The van der Waals surface area contributed by atoms with Gasteiger partial charge in [0.15, 0.2) is 0 Å². The van der Waals surface area contributed by atoms with E-state index in [4.69, 9.17) is 0 Å². The summed E-state index contributed by atoms with van der Waals surface area (Å²) in [6.07, 6.45) is 3.09. The van der Waals surface area contributed by atoms with Crippen LogP contribution >= 0.6 is 0 Å². The quantitative estimate of drug-likeness (QED) is 0.623. The number of hydrogen-bond donors (Lipinski definition) is 0. The van der Waals surface area contributed by atoms with Crippen molar-refractivity contribution in [2.45, 2.75) is 6.42 Å². The maximum atomic E-state index is 12.6. The third-order valence-electron chi connectivity index (χ3n) is 2.22. The highest BCUT2D eigenvalue weighted by Crippen LogP contribution is 2.19. The van der Waals surface area contributed by atoms with Gasteiger partial charge in [-0.25, -0.2) is 9.71 Å². The Balaban J connectivity index is 2.24. The number of hydrogen-bond acceptors (Lipinski definition) is 0. The highest BCUT2D eigenvalue weighted by atomic mass is 19.1. The fraction of sp³-hybridized carbons (Fsp3) is 0.273. The minimum atomic E-state index is -0.176. The topological polar surface area (TPSA) is 14.1 Å². The van der Waals surface area contributed by atoms with E-state index in [-0.39, 0.29) is 5.82 Å². The van der Waals surface area contributed by atoms with E-state index in [2.05, 4.69) is 11.4 Å². The SMILES string of the molecule is Fc1ccc(C2=CC[N]CC2)cc1. The highest BCUT2D eigenvalue weighted by molar-refractivity contribution is 5.66. The van der Waals surface area contributed by atoms with E-state index in [1.165, 1.54) is 17.7 Å². The molecule has 1 aliphatic rings. The Morgan fingerprint density at radius 3 is 2.54 bits per heavy atom. The first-order chi connectivity index (χ1) is 6.36. The Labute approximate surface area is 77.3 Å². The van der Waals surface area contributed by atoms with Crippen molar-refractivity contribution >= 4 is 5.57 Å². The second-order valence-electron chi connectivity index (χ2n) is 3.12. The summed E-state index contributed by atoms with van der Waals surface area (Å²) in [5, 5.41) is 4.22. The Bertz CT molecular complexity index is 313. The van der Waals surface area contributed by atoms with Gasteiger partial charge in [0, 0.05) is 13.1 Å². The van der Waals surface area contributed by atoms with Crippen LogP contribution in [0.5, 0.6) is 0 Å². The zero-order valence-corrected chi connectivity index (χ0v) is 7.33. The van der Waals surface area contributed by atoms with E-state index in [0.29, 0.717) is 0 Å². The van der Waals surface area contributed by atoms with Crippen LogP contribution in [-0.2, 0) is 0 Å². The summed E-state index contributed by atoms with van der Waals surface area (Å²) in [6, 6.07) is 6.66. The monoisotopic (exact) mass is 176 g/mol. The van der Waals surface area contributed by atoms with Crippen LogP contribution in [0.3, 0.4) is 0 Å². The molecule has 1 aliphatic heterocycles. The number of benzene rings is 1. The van der Waals surface area contributed by atoms with Crippen molar-refractivity contribution < 1.29 is 4.39 Å². The fourth-order valence-electron chi connectivity index (χ4n) is 1.49. The third-order valence-corrected chi connectivity index (χ3v) is 2.22. The average molecular weight is 176 g/mol. The Kier molecular flexibility index (Phi) is 2.41. The van der Waals surface area contributed by atoms with Crippen molar-refractivity contribution in [2.75, 3.05) is 13.1 Å². The van der Waals surface area contributed by atoms with E-state index in [1.54, 1.807) is 0 Å². The van der Waals surface area contributed by atoms with Gasteiger partial charge < -0.3 is 0 Å². The Hall–Kier alpha value is -1.15. The first kappa shape index (κ1) is 8.45. The number of nitrogens with zero attached hydrogens (tertiary/aromatic N) is 1. The van der Waals surface area contributed by atoms with Crippen molar-refractivity contribution in [1.29, 1.82) is 0 Å². The summed E-state index contributed by atoms with van der Waals surface area (Å²) in [5.74, 6) is -0.176. The van der Waals surface area contributed by atoms with Crippen LogP contribution in [0.15, 0.2) is 30.3 Å². The molecule has 2 heteroatoms. The molecule has 0 fully saturated rings. The zero-order valence-electron chi connectivity index (χ0n) is 7.33. The van der Waals surface area contributed by atoms with Gasteiger partial charge in [-0.05, 0) is 29.7 Å². The summed E-state index contributed by atoms with van der Waals surface area (Å²) < 4.78 is 12.6. The lowest BCUT2D eigenvalue weighted by Crippen LogP contribution is -2.12. The van der Waals surface area contributed by atoms with Crippen molar-refractivity contribution in [3.63, 3.8) is 0 Å². The molecular weight excluding hydrogens is 165 g/mol. The molecule has 0 saturated carbocycles. The molecule has 2 rings (SSSR count). The molecule has 0 aliphatic carbocycles. The van der Waals surface area contributed by atoms with Gasteiger partial charge in [0.25, 0.3) is 0 Å². The molecule has 0 bridgehead atoms. The third kappa shape index (κ3) is 1.95. The lowest BCUT2D eigenvalue weighted by Gasteiger charge is -2.12. The summed E-state index contributed by atoms with van der Waals surface area (Å²) in [7, 11) is 0. The molecule has 1 nitrogen and oxygen atoms in total. The van der Waals surface area contributed by atoms with Crippen molar-refractivity contribution in [3.8, 4) is 0 Å². The van der Waals surface area contributed by atoms with E-state index in [0.717, 1.165) is 25.1 Å². The average Bonchev–Trinajstić information content (AvgIpc) is 2.20. The standard InChI is InChI=1S/C11H11FN/c12-11-3-1-9(2-4-11)10-5-7-13-8-6-10/h1-5H,6-8H2. The van der Waals surface area contributed by atoms with Gasteiger partial charge in [0.05, 0.1) is 0 Å². The molecular formula is C11H11FN. The van der Waals surface area contributed by atoms with E-state index in [9.17, 15) is 4.39 Å². The summed E-state index contributed by atoms with van der Waals surface area (Å²) in [6.45, 7) is 1.69. The van der Waals surface area contributed by atoms with Crippen LogP contribution in [0, 0.1) is 5.82 Å². The van der Waals surface area contributed by atoms with Crippen LogP contribution in [0.2, 0.25) is 0 Å². The maximum absolute atomic E-state index is 12.6. The van der Waals surface area contributed by atoms with Crippen LogP contribution in [0.4, 0.5) is 4.39 Å². The first-order valence-corrected chi connectivity index (χ1v) is 4.44. The van der Waals surface area contributed by atoms with E-state index in [1.807, 2.05) is 12.1 Å². The van der Waals surface area contributed by atoms with Gasteiger partial charge in [-0.1, -0.05) is 18.2 Å². The van der Waals surface area contributed by atoms with Gasteiger partial charge in [0.2, 0.25) is 0 Å². The number of rotatable bonds is 1. The minimum Gasteiger partial charge on any atom is -0.237 e. The predicted molar refractivity (Wildman–Crippen MR) is 50.9 cm³/mol. The lowest BCUT2D eigenvalue weighted by atomic mass is 10.0. The molecule has 1 radical (unpaired) electrons. The molecule has 0 amide bonds. The second-order valence-corrected chi connectivity index (χ2v) is 3.12. The molecule has 13 heavy (non-hydrogen) atoms. The molecule has 0 atom stereocenters. The zero-order chi connectivity index (χ0) is 9.10. The summed E-state index contributed by atoms with van der Waals surface area (Å²) in [4.78, 5) is 0. The Morgan fingerprint density at radius 2 is 1.92 bits per heavy atom. The molecule has 1 aromatic rings. The smallest absolute Gasteiger partial charge is 0.123 e. The van der Waals surface area contributed by atoms with Gasteiger partial charge >= 0.3 is 0 Å². The van der Waals surface area contributed by atoms with Crippen molar-refractivity contribution in [2.24, 2.45) is 0 Å². The minimum absolute atomic E-state index is 0.176. The molecule has 0 N–H and O–H groups in total. The molecule has 1 aromatic carbocycles. The molecule has 0 unspecified atom stereocenters. The lowest BCUT2D eigenvalue weighted by molar-refractivity contribution is 0.627. The van der Waals surface area contributed by atoms with E-state index >= 15 is 0 Å². The van der Waals surface area contributed by atoms with Crippen molar-refractivity contribution in [1.82, 2.24) is 5.32 Å². The molecule has 0 saturated heterocycles. The fourth-order valence-corrected chi connectivity index (χ4v) is 1.49. The maximum Gasteiger partial charge on any atom is 0.123 e. The predicted octanol–water partition coefficient (Wildman–Crippen LogP) is 2.22. The van der Waals surface area contributed by atoms with Gasteiger partial charge in [-0.2, -0.15) is 0 Å². The summed E-state index contributed by atoms with van der Waals surface area (Å²) in [5.41, 5.74) is 2.41. The van der Waals surface area contributed by atoms with Crippen LogP contribution in [0.1, 0.15) is 12.0 Å². The normalized spacial score (nSPS) is 16.8. The molecule has 0 aromatic heterocycles. The number of halogens is 1. The van der Waals surface area contributed by atoms with Gasteiger partial charge in [0.1, 0.15) is 5.82 Å².